The lowest BCUT2D eigenvalue weighted by molar-refractivity contribution is -0.149. The van der Waals surface area contributed by atoms with Crippen LogP contribution in [0, 0.1) is 0 Å². The van der Waals surface area contributed by atoms with Gasteiger partial charge >= 0.3 is 12.1 Å². The van der Waals surface area contributed by atoms with Gasteiger partial charge in [0, 0.05) is 12.5 Å². The Kier molecular flexibility index (Phi) is 7.17. The number of amides is 2. The topological polar surface area (TPSA) is 99.2 Å². The van der Waals surface area contributed by atoms with E-state index in [0.717, 1.165) is 22.3 Å². The number of rotatable bonds is 8. The van der Waals surface area contributed by atoms with Gasteiger partial charge in [0.2, 0.25) is 5.91 Å². The summed E-state index contributed by atoms with van der Waals surface area (Å²) in [5.41, 5.74) is 4.50. The van der Waals surface area contributed by atoms with Gasteiger partial charge in [-0.3, -0.25) is 4.79 Å². The first-order valence-corrected chi connectivity index (χ1v) is 11.7. The molecule has 1 fully saturated rings. The average molecular weight is 466 g/mol. The van der Waals surface area contributed by atoms with E-state index in [-0.39, 0.29) is 18.4 Å². The zero-order chi connectivity index (χ0) is 24.2. The van der Waals surface area contributed by atoms with Crippen LogP contribution < -0.4 is 5.32 Å². The van der Waals surface area contributed by atoms with E-state index in [2.05, 4.69) is 17.4 Å². The average Bonchev–Trinajstić information content (AvgIpc) is 3.43. The van der Waals surface area contributed by atoms with Crippen LogP contribution in [-0.4, -0.2) is 78.8 Å². The minimum atomic E-state index is -1.02. The molecule has 4 rings (SSSR count). The number of aliphatic carboxylic acids is 1. The molecule has 180 valence electrons. The van der Waals surface area contributed by atoms with E-state index in [9.17, 15) is 19.5 Å². The van der Waals surface area contributed by atoms with Gasteiger partial charge in [-0.05, 0) is 62.2 Å². The molecule has 0 bridgehead atoms. The largest absolute Gasteiger partial charge is 0.480 e. The Balaban J connectivity index is 1.44. The number of carboxylic acids is 1. The lowest BCUT2D eigenvalue weighted by Crippen LogP contribution is -2.52. The molecule has 0 saturated carbocycles. The second kappa shape index (κ2) is 10.3. The van der Waals surface area contributed by atoms with Crippen LogP contribution in [-0.2, 0) is 14.3 Å². The summed E-state index contributed by atoms with van der Waals surface area (Å²) in [4.78, 5) is 40.8. The van der Waals surface area contributed by atoms with Crippen molar-refractivity contribution in [1.29, 1.82) is 0 Å². The SMILES string of the molecule is CN(C)CCC(NC(=O)OCC1c2ccccc2-c2ccccc21)C(=O)N1CCCC1C(=O)O. The molecule has 0 spiro atoms. The van der Waals surface area contributed by atoms with E-state index in [1.54, 1.807) is 0 Å². The Hall–Kier alpha value is -3.39. The highest BCUT2D eigenvalue weighted by Gasteiger charge is 2.38. The molecule has 2 atom stereocenters. The molecule has 2 aromatic carbocycles. The monoisotopic (exact) mass is 465 g/mol. The fraction of sp³-hybridized carbons (Fsp3) is 0.423. The number of carbonyl (C=O) groups excluding carboxylic acids is 2. The van der Waals surface area contributed by atoms with Gasteiger partial charge in [-0.25, -0.2) is 9.59 Å². The molecule has 8 nitrogen and oxygen atoms in total. The standard InChI is InChI=1S/C26H31N3O5/c1-28(2)15-13-22(24(30)29-14-7-12-23(29)25(31)32)27-26(33)34-16-21-19-10-5-3-8-17(19)18-9-4-6-11-20(18)21/h3-6,8-11,21-23H,7,12-16H2,1-2H3,(H,27,33)(H,31,32). The van der Waals surface area contributed by atoms with Crippen molar-refractivity contribution in [1.82, 2.24) is 15.1 Å². The van der Waals surface area contributed by atoms with Crippen molar-refractivity contribution in [3.05, 3.63) is 59.7 Å². The number of hydrogen-bond donors (Lipinski definition) is 2. The first-order chi connectivity index (χ1) is 16.4. The highest BCUT2D eigenvalue weighted by molar-refractivity contribution is 5.89. The van der Waals surface area contributed by atoms with E-state index in [4.69, 9.17) is 4.74 Å². The molecule has 34 heavy (non-hydrogen) atoms. The molecule has 1 saturated heterocycles. The maximum Gasteiger partial charge on any atom is 0.407 e. The predicted octanol–water partition coefficient (Wildman–Crippen LogP) is 2.92. The molecule has 0 aromatic heterocycles. The van der Waals surface area contributed by atoms with Crippen molar-refractivity contribution < 1.29 is 24.2 Å². The predicted molar refractivity (Wildman–Crippen MR) is 128 cm³/mol. The highest BCUT2D eigenvalue weighted by Crippen LogP contribution is 2.44. The maximum atomic E-state index is 13.2. The van der Waals surface area contributed by atoms with E-state index in [1.807, 2.05) is 55.4 Å². The minimum absolute atomic E-state index is 0.0796. The summed E-state index contributed by atoms with van der Waals surface area (Å²) in [6.45, 7) is 1.09. The van der Waals surface area contributed by atoms with Crippen LogP contribution in [0.5, 0.6) is 0 Å². The molecule has 0 radical (unpaired) electrons. The van der Waals surface area contributed by atoms with Crippen LogP contribution in [0.2, 0.25) is 0 Å². The van der Waals surface area contributed by atoms with Crippen LogP contribution >= 0.6 is 0 Å². The van der Waals surface area contributed by atoms with Crippen LogP contribution in [0.3, 0.4) is 0 Å². The highest BCUT2D eigenvalue weighted by atomic mass is 16.5. The molecule has 1 heterocycles. The summed E-state index contributed by atoms with van der Waals surface area (Å²) < 4.78 is 5.61. The number of carbonyl (C=O) groups is 3. The van der Waals surface area contributed by atoms with E-state index < -0.39 is 24.1 Å². The third-order valence-electron chi connectivity index (χ3n) is 6.62. The molecule has 2 unspecified atom stereocenters. The summed E-state index contributed by atoms with van der Waals surface area (Å²) in [7, 11) is 3.76. The number of nitrogens with one attached hydrogen (secondary N) is 1. The number of fused-ring (bicyclic) bond motifs is 3. The van der Waals surface area contributed by atoms with E-state index in [1.165, 1.54) is 4.90 Å². The lowest BCUT2D eigenvalue weighted by atomic mass is 9.98. The number of benzene rings is 2. The zero-order valence-corrected chi connectivity index (χ0v) is 19.6. The van der Waals surface area contributed by atoms with Gasteiger partial charge in [0.1, 0.15) is 18.7 Å². The summed E-state index contributed by atoms with van der Waals surface area (Å²) in [5.74, 6) is -1.47. The molecular formula is C26H31N3O5. The zero-order valence-electron chi connectivity index (χ0n) is 19.6. The Morgan fingerprint density at radius 2 is 1.71 bits per heavy atom. The quantitative estimate of drug-likeness (QED) is 0.622. The van der Waals surface area contributed by atoms with Gasteiger partial charge in [-0.2, -0.15) is 0 Å². The van der Waals surface area contributed by atoms with E-state index >= 15 is 0 Å². The fourth-order valence-electron chi connectivity index (χ4n) is 4.91. The van der Waals surface area contributed by atoms with Crippen LogP contribution in [0.15, 0.2) is 48.5 Å². The smallest absolute Gasteiger partial charge is 0.407 e. The Morgan fingerprint density at radius 3 is 2.29 bits per heavy atom. The lowest BCUT2D eigenvalue weighted by Gasteiger charge is -2.28. The summed E-state index contributed by atoms with van der Waals surface area (Å²) in [6, 6.07) is 14.5. The van der Waals surface area contributed by atoms with Crippen LogP contribution in [0.1, 0.15) is 36.3 Å². The second-order valence-electron chi connectivity index (χ2n) is 9.14. The van der Waals surface area contributed by atoms with Gasteiger partial charge in [-0.1, -0.05) is 48.5 Å². The third kappa shape index (κ3) is 4.92. The molecule has 1 aliphatic carbocycles. The molecule has 2 amide bonds. The van der Waals surface area contributed by atoms with Gasteiger partial charge in [0.25, 0.3) is 0 Å². The number of carboxylic acid groups (broad SMARTS) is 1. The number of nitrogens with zero attached hydrogens (tertiary/aromatic N) is 2. The second-order valence-corrected chi connectivity index (χ2v) is 9.14. The molecule has 2 aromatic rings. The van der Waals surface area contributed by atoms with Crippen LogP contribution in [0.25, 0.3) is 11.1 Å². The van der Waals surface area contributed by atoms with Crippen molar-refractivity contribution in [2.45, 2.75) is 37.3 Å². The minimum Gasteiger partial charge on any atom is -0.480 e. The number of alkyl carbamates (subject to hydrolysis) is 1. The summed E-state index contributed by atoms with van der Waals surface area (Å²) in [5, 5.41) is 12.2. The molecule has 8 heteroatoms. The Bertz CT molecular complexity index is 1020. The normalized spacial score (nSPS) is 17.9. The van der Waals surface area contributed by atoms with Gasteiger partial charge in [-0.15, -0.1) is 0 Å². The van der Waals surface area contributed by atoms with Gasteiger partial charge < -0.3 is 25.0 Å². The number of hydrogen-bond acceptors (Lipinski definition) is 5. The Labute approximate surface area is 199 Å². The molecule has 2 aliphatic rings. The van der Waals surface area contributed by atoms with Gasteiger partial charge in [0.15, 0.2) is 0 Å². The molecule has 1 aliphatic heterocycles. The van der Waals surface area contributed by atoms with Crippen molar-refractivity contribution in [3.8, 4) is 11.1 Å². The first-order valence-electron chi connectivity index (χ1n) is 11.7. The van der Waals surface area contributed by atoms with Crippen molar-refractivity contribution in [2.75, 3.05) is 33.8 Å². The van der Waals surface area contributed by atoms with Crippen molar-refractivity contribution >= 4 is 18.0 Å². The maximum absolute atomic E-state index is 13.2. The van der Waals surface area contributed by atoms with E-state index in [0.29, 0.717) is 32.4 Å². The Morgan fingerprint density at radius 1 is 1.09 bits per heavy atom. The third-order valence-corrected chi connectivity index (χ3v) is 6.62. The molecular weight excluding hydrogens is 434 g/mol. The summed E-state index contributed by atoms with van der Waals surface area (Å²) >= 11 is 0. The summed E-state index contributed by atoms with van der Waals surface area (Å²) in [6.07, 6.45) is 0.740. The molecule has 2 N–H and O–H groups in total. The first kappa shape index (κ1) is 23.8. The van der Waals surface area contributed by atoms with Gasteiger partial charge in [0.05, 0.1) is 0 Å². The van der Waals surface area contributed by atoms with Crippen molar-refractivity contribution in [2.24, 2.45) is 0 Å². The number of ether oxygens (including phenoxy) is 1. The number of likely N-dealkylation sites (tertiary alicyclic amines) is 1. The van der Waals surface area contributed by atoms with Crippen LogP contribution in [0.4, 0.5) is 4.79 Å². The fourth-order valence-corrected chi connectivity index (χ4v) is 4.91. The van der Waals surface area contributed by atoms with Crippen molar-refractivity contribution in [3.63, 3.8) is 0 Å².